The molecule has 0 aliphatic carbocycles. The molecular formula is C6H10O3S. The highest BCUT2D eigenvalue weighted by Crippen LogP contribution is 1.87. The molecule has 10 heavy (non-hydrogen) atoms. The summed E-state index contributed by atoms with van der Waals surface area (Å²) in [6, 6.07) is 0. The Morgan fingerprint density at radius 3 is 2.50 bits per heavy atom. The molecule has 0 amide bonds. The fraction of sp³-hybridized carbons (Fsp3) is 0.667. The summed E-state index contributed by atoms with van der Waals surface area (Å²) in [6.07, 6.45) is 1.48. The summed E-state index contributed by atoms with van der Waals surface area (Å²) in [5, 5.41) is 0. The van der Waals surface area contributed by atoms with Gasteiger partial charge in [-0.15, -0.1) is 11.8 Å². The van der Waals surface area contributed by atoms with Gasteiger partial charge in [-0.3, -0.25) is 4.18 Å². The average Bonchev–Trinajstić information content (AvgIpc) is 1.78. The van der Waals surface area contributed by atoms with Crippen LogP contribution in [0.3, 0.4) is 0 Å². The molecule has 0 aromatic rings. The van der Waals surface area contributed by atoms with Crippen molar-refractivity contribution in [1.82, 2.24) is 0 Å². The van der Waals surface area contributed by atoms with Gasteiger partial charge in [-0.05, 0) is 6.92 Å². The molecule has 3 nitrogen and oxygen atoms in total. The molecule has 0 rings (SSSR count). The summed E-state index contributed by atoms with van der Waals surface area (Å²) < 4.78 is 25.0. The lowest BCUT2D eigenvalue weighted by molar-refractivity contribution is 0.330. The van der Waals surface area contributed by atoms with Gasteiger partial charge in [0.15, 0.2) is 0 Å². The minimum Gasteiger partial charge on any atom is -0.269 e. The second-order valence-corrected chi connectivity index (χ2v) is 3.35. The predicted molar refractivity (Wildman–Crippen MR) is 38.9 cm³/mol. The van der Waals surface area contributed by atoms with Gasteiger partial charge in [-0.2, -0.15) is 8.42 Å². The van der Waals surface area contributed by atoms with Gasteiger partial charge in [0.1, 0.15) is 0 Å². The Hall–Kier alpha value is -0.530. The van der Waals surface area contributed by atoms with E-state index in [0.29, 0.717) is 6.42 Å². The first-order valence-corrected chi connectivity index (χ1v) is 4.62. The first kappa shape index (κ1) is 9.47. The van der Waals surface area contributed by atoms with E-state index < -0.39 is 10.1 Å². The molecule has 0 aliphatic heterocycles. The van der Waals surface area contributed by atoms with Crippen LogP contribution in [0.2, 0.25) is 0 Å². The highest BCUT2D eigenvalue weighted by molar-refractivity contribution is 7.85. The van der Waals surface area contributed by atoms with E-state index in [-0.39, 0.29) is 6.61 Å². The van der Waals surface area contributed by atoms with Gasteiger partial charge in [0.25, 0.3) is 10.1 Å². The Labute approximate surface area is 61.5 Å². The van der Waals surface area contributed by atoms with Gasteiger partial charge in [0.2, 0.25) is 0 Å². The molecular weight excluding hydrogens is 152 g/mol. The van der Waals surface area contributed by atoms with Gasteiger partial charge < -0.3 is 0 Å². The molecule has 0 saturated carbocycles. The van der Waals surface area contributed by atoms with Crippen LogP contribution < -0.4 is 0 Å². The molecule has 0 fully saturated rings. The predicted octanol–water partition coefficient (Wildman–Crippen LogP) is 0.376. The largest absolute Gasteiger partial charge is 0.269 e. The van der Waals surface area contributed by atoms with E-state index >= 15 is 0 Å². The average molecular weight is 162 g/mol. The van der Waals surface area contributed by atoms with Crippen LogP contribution in [0.4, 0.5) is 0 Å². The summed E-state index contributed by atoms with van der Waals surface area (Å²) in [4.78, 5) is 0. The van der Waals surface area contributed by atoms with E-state index in [1.165, 1.54) is 0 Å². The zero-order valence-corrected chi connectivity index (χ0v) is 6.86. The second-order valence-electron chi connectivity index (χ2n) is 1.70. The van der Waals surface area contributed by atoms with Crippen LogP contribution in [0.25, 0.3) is 0 Å². The van der Waals surface area contributed by atoms with E-state index in [4.69, 9.17) is 0 Å². The Kier molecular flexibility index (Phi) is 4.08. The van der Waals surface area contributed by atoms with Crippen molar-refractivity contribution in [2.24, 2.45) is 0 Å². The third-order valence-electron chi connectivity index (χ3n) is 0.701. The maximum Gasteiger partial charge on any atom is 0.264 e. The molecule has 58 valence electrons. The molecule has 4 heteroatoms. The normalized spacial score (nSPS) is 10.2. The fourth-order valence-corrected chi connectivity index (χ4v) is 0.755. The number of rotatable bonds is 3. The summed E-state index contributed by atoms with van der Waals surface area (Å²) in [7, 11) is -3.27. The van der Waals surface area contributed by atoms with Crippen molar-refractivity contribution in [2.45, 2.75) is 13.3 Å². The lowest BCUT2D eigenvalue weighted by atomic mass is 10.5. The van der Waals surface area contributed by atoms with Crippen molar-refractivity contribution in [3.05, 3.63) is 0 Å². The third-order valence-corrected chi connectivity index (χ3v) is 1.30. The van der Waals surface area contributed by atoms with Crippen LogP contribution in [0.15, 0.2) is 0 Å². The smallest absolute Gasteiger partial charge is 0.264 e. The van der Waals surface area contributed by atoms with Crippen molar-refractivity contribution in [3.8, 4) is 11.8 Å². The van der Waals surface area contributed by atoms with E-state index in [0.717, 1.165) is 6.26 Å². The SMILES string of the molecule is CC#CCCOS(C)(=O)=O. The minimum absolute atomic E-state index is 0.152. The maximum atomic E-state index is 10.3. The minimum atomic E-state index is -3.27. The molecule has 0 aliphatic rings. The summed E-state index contributed by atoms with van der Waals surface area (Å²) in [6.45, 7) is 1.85. The Morgan fingerprint density at radius 2 is 2.10 bits per heavy atom. The molecule has 0 aromatic heterocycles. The van der Waals surface area contributed by atoms with Gasteiger partial charge in [0.05, 0.1) is 12.9 Å². The van der Waals surface area contributed by atoms with Crippen molar-refractivity contribution in [2.75, 3.05) is 12.9 Å². The van der Waals surface area contributed by atoms with Gasteiger partial charge in [-0.1, -0.05) is 0 Å². The standard InChI is InChI=1S/C6H10O3S/c1-3-4-5-6-9-10(2,7)8/h5-6H2,1-2H3. The van der Waals surface area contributed by atoms with Crippen LogP contribution in [-0.2, 0) is 14.3 Å². The van der Waals surface area contributed by atoms with Crippen LogP contribution in [0, 0.1) is 11.8 Å². The van der Waals surface area contributed by atoms with Gasteiger partial charge in [0, 0.05) is 6.42 Å². The topological polar surface area (TPSA) is 43.4 Å². The number of hydrogen-bond donors (Lipinski definition) is 0. The highest BCUT2D eigenvalue weighted by Gasteiger charge is 1.97. The van der Waals surface area contributed by atoms with Gasteiger partial charge >= 0.3 is 0 Å². The van der Waals surface area contributed by atoms with Crippen LogP contribution in [0.1, 0.15) is 13.3 Å². The molecule has 0 N–H and O–H groups in total. The molecule has 0 spiro atoms. The van der Waals surface area contributed by atoms with E-state index in [1.54, 1.807) is 6.92 Å². The van der Waals surface area contributed by atoms with E-state index in [9.17, 15) is 8.42 Å². The lowest BCUT2D eigenvalue weighted by Gasteiger charge is -1.94. The maximum absolute atomic E-state index is 10.3. The van der Waals surface area contributed by atoms with Crippen molar-refractivity contribution < 1.29 is 12.6 Å². The molecule has 0 heterocycles. The highest BCUT2D eigenvalue weighted by atomic mass is 32.2. The first-order valence-electron chi connectivity index (χ1n) is 2.80. The van der Waals surface area contributed by atoms with Crippen LogP contribution in [-0.4, -0.2) is 21.3 Å². The monoisotopic (exact) mass is 162 g/mol. The molecule has 0 atom stereocenters. The molecule has 0 aromatic carbocycles. The molecule has 0 saturated heterocycles. The quantitative estimate of drug-likeness (QED) is 0.342. The summed E-state index contributed by atoms with van der Waals surface area (Å²) in [5.74, 6) is 5.31. The van der Waals surface area contributed by atoms with Crippen LogP contribution in [0.5, 0.6) is 0 Å². The second kappa shape index (κ2) is 4.31. The molecule has 0 unspecified atom stereocenters. The zero-order chi connectivity index (χ0) is 8.04. The Balaban J connectivity index is 3.45. The Morgan fingerprint density at radius 1 is 1.50 bits per heavy atom. The first-order chi connectivity index (χ1) is 4.56. The van der Waals surface area contributed by atoms with Crippen LogP contribution >= 0.6 is 0 Å². The molecule has 0 radical (unpaired) electrons. The molecule has 0 bridgehead atoms. The fourth-order valence-electron chi connectivity index (χ4n) is 0.369. The van der Waals surface area contributed by atoms with E-state index in [2.05, 4.69) is 16.0 Å². The number of hydrogen-bond acceptors (Lipinski definition) is 3. The summed E-state index contributed by atoms with van der Waals surface area (Å²) in [5.41, 5.74) is 0. The lowest BCUT2D eigenvalue weighted by Crippen LogP contribution is -2.03. The third kappa shape index (κ3) is 7.47. The zero-order valence-electron chi connectivity index (χ0n) is 6.05. The Bertz CT molecular complexity index is 229. The van der Waals surface area contributed by atoms with Crippen molar-refractivity contribution in [3.63, 3.8) is 0 Å². The van der Waals surface area contributed by atoms with Crippen molar-refractivity contribution >= 4 is 10.1 Å². The van der Waals surface area contributed by atoms with E-state index in [1.807, 2.05) is 0 Å². The van der Waals surface area contributed by atoms with Gasteiger partial charge in [-0.25, -0.2) is 0 Å². The van der Waals surface area contributed by atoms with Crippen molar-refractivity contribution in [1.29, 1.82) is 0 Å². The summed E-state index contributed by atoms with van der Waals surface area (Å²) >= 11 is 0.